The van der Waals surface area contributed by atoms with E-state index in [2.05, 4.69) is 23.2 Å². The second kappa shape index (κ2) is 7.49. The molecular formula is C22H20N4O2. The largest absolute Gasteiger partial charge is 0.494 e. The van der Waals surface area contributed by atoms with Crippen LogP contribution in [0.1, 0.15) is 30.4 Å². The number of nitrogens with one attached hydrogen (secondary N) is 1. The lowest BCUT2D eigenvalue weighted by Gasteiger charge is -2.24. The lowest BCUT2D eigenvalue weighted by molar-refractivity contribution is 0.317. The number of benzene rings is 2. The van der Waals surface area contributed by atoms with Crippen LogP contribution in [0.2, 0.25) is 0 Å². The summed E-state index contributed by atoms with van der Waals surface area (Å²) < 4.78 is 11.3. The van der Waals surface area contributed by atoms with Crippen molar-refractivity contribution in [2.45, 2.75) is 19.3 Å². The van der Waals surface area contributed by atoms with Crippen LogP contribution in [0.3, 0.4) is 0 Å². The molecule has 0 amide bonds. The lowest BCUT2D eigenvalue weighted by atomic mass is 9.83. The lowest BCUT2D eigenvalue weighted by Crippen LogP contribution is -2.21. The van der Waals surface area contributed by atoms with Gasteiger partial charge in [-0.15, -0.1) is 5.10 Å². The number of aromatic amines is 1. The second-order valence-electron chi connectivity index (χ2n) is 6.53. The zero-order valence-electron chi connectivity index (χ0n) is 15.5. The molecule has 6 heteroatoms. The molecule has 0 saturated carbocycles. The molecule has 28 heavy (non-hydrogen) atoms. The molecule has 2 heterocycles. The zero-order chi connectivity index (χ0) is 19.5. The molecular weight excluding hydrogens is 352 g/mol. The predicted molar refractivity (Wildman–Crippen MR) is 106 cm³/mol. The number of aromatic nitrogens is 2. The number of nitrogens with zero attached hydrogens (tertiary/aromatic N) is 2. The third-order valence-electron chi connectivity index (χ3n) is 4.69. The topological polar surface area (TPSA) is 96.9 Å². The Kier molecular flexibility index (Phi) is 4.73. The van der Waals surface area contributed by atoms with Crippen molar-refractivity contribution in [3.8, 4) is 29.0 Å². The highest BCUT2D eigenvalue weighted by Crippen LogP contribution is 2.45. The molecule has 1 aliphatic rings. The molecule has 0 fully saturated rings. The Labute approximate surface area is 163 Å². The summed E-state index contributed by atoms with van der Waals surface area (Å²) >= 11 is 0. The van der Waals surface area contributed by atoms with E-state index in [0.29, 0.717) is 18.1 Å². The number of H-pyrrole nitrogens is 1. The Morgan fingerprint density at radius 1 is 1.18 bits per heavy atom. The normalized spacial score (nSPS) is 15.5. The van der Waals surface area contributed by atoms with Gasteiger partial charge in [0.1, 0.15) is 17.4 Å². The third-order valence-corrected chi connectivity index (χ3v) is 4.69. The monoisotopic (exact) mass is 372 g/mol. The number of ether oxygens (including phenoxy) is 2. The van der Waals surface area contributed by atoms with Gasteiger partial charge in [0.05, 0.1) is 23.8 Å². The first-order valence-corrected chi connectivity index (χ1v) is 9.17. The van der Waals surface area contributed by atoms with Crippen LogP contribution in [0.4, 0.5) is 0 Å². The maximum absolute atomic E-state index is 9.77. The van der Waals surface area contributed by atoms with Gasteiger partial charge in [-0.25, -0.2) is 0 Å². The van der Waals surface area contributed by atoms with Gasteiger partial charge in [0.2, 0.25) is 11.8 Å². The summed E-state index contributed by atoms with van der Waals surface area (Å²) in [4.78, 5) is 0. The number of hydrogen-bond donors (Lipinski definition) is 2. The molecule has 3 N–H and O–H groups in total. The van der Waals surface area contributed by atoms with Crippen LogP contribution in [0.25, 0.3) is 11.3 Å². The molecule has 1 atom stereocenters. The van der Waals surface area contributed by atoms with Crippen LogP contribution in [-0.4, -0.2) is 16.8 Å². The maximum atomic E-state index is 9.77. The number of hydrogen-bond acceptors (Lipinski definition) is 5. The Bertz CT molecular complexity index is 1050. The van der Waals surface area contributed by atoms with Gasteiger partial charge in [0.15, 0.2) is 0 Å². The molecule has 140 valence electrons. The molecule has 6 nitrogen and oxygen atoms in total. The Balaban J connectivity index is 1.82. The summed E-state index contributed by atoms with van der Waals surface area (Å²) in [5.41, 5.74) is 9.90. The smallest absolute Gasteiger partial charge is 0.244 e. The molecule has 4 rings (SSSR count). The molecule has 0 unspecified atom stereocenters. The summed E-state index contributed by atoms with van der Waals surface area (Å²) in [6.45, 7) is 2.73. The number of nitrogens with two attached hydrogens (primary N) is 1. The van der Waals surface area contributed by atoms with Crippen molar-refractivity contribution in [3.05, 3.63) is 77.2 Å². The first-order valence-electron chi connectivity index (χ1n) is 9.17. The van der Waals surface area contributed by atoms with Crippen molar-refractivity contribution in [2.24, 2.45) is 5.73 Å². The van der Waals surface area contributed by atoms with E-state index < -0.39 is 0 Å². The minimum Gasteiger partial charge on any atom is -0.494 e. The third kappa shape index (κ3) is 3.08. The molecule has 3 aromatic rings. The summed E-state index contributed by atoms with van der Waals surface area (Å²) in [5, 5.41) is 17.1. The summed E-state index contributed by atoms with van der Waals surface area (Å²) in [6, 6.07) is 19.8. The molecule has 0 saturated heterocycles. The van der Waals surface area contributed by atoms with Gasteiger partial charge in [0, 0.05) is 0 Å². The van der Waals surface area contributed by atoms with Gasteiger partial charge in [-0.05, 0) is 29.7 Å². The number of allylic oxidation sites excluding steroid dienone is 1. The van der Waals surface area contributed by atoms with Gasteiger partial charge in [0.25, 0.3) is 0 Å². The average molecular weight is 372 g/mol. The van der Waals surface area contributed by atoms with E-state index in [1.807, 2.05) is 54.6 Å². The average Bonchev–Trinajstić information content (AvgIpc) is 3.15. The molecule has 0 radical (unpaired) electrons. The summed E-state index contributed by atoms with van der Waals surface area (Å²) in [5.74, 6) is 0.899. The SMILES string of the molecule is CCCOc1ccc([C@@H]2C(C#N)=C(N)Oc3n[nH]c(-c4ccccc4)c32)cc1. The fourth-order valence-electron chi connectivity index (χ4n) is 3.38. The van der Waals surface area contributed by atoms with Crippen LogP contribution in [0, 0.1) is 11.3 Å². The van der Waals surface area contributed by atoms with E-state index in [1.54, 1.807) is 0 Å². The van der Waals surface area contributed by atoms with Crippen molar-refractivity contribution in [2.75, 3.05) is 6.61 Å². The van der Waals surface area contributed by atoms with Crippen molar-refractivity contribution >= 4 is 0 Å². The fourth-order valence-corrected chi connectivity index (χ4v) is 3.38. The van der Waals surface area contributed by atoms with Crippen molar-refractivity contribution in [1.29, 1.82) is 5.26 Å². The molecule has 1 aliphatic heterocycles. The van der Waals surface area contributed by atoms with E-state index in [0.717, 1.165) is 34.6 Å². The zero-order valence-corrected chi connectivity index (χ0v) is 15.5. The molecule has 2 aromatic carbocycles. The van der Waals surface area contributed by atoms with Crippen molar-refractivity contribution in [1.82, 2.24) is 10.2 Å². The van der Waals surface area contributed by atoms with E-state index in [-0.39, 0.29) is 11.8 Å². The van der Waals surface area contributed by atoms with Crippen molar-refractivity contribution in [3.63, 3.8) is 0 Å². The Morgan fingerprint density at radius 2 is 1.93 bits per heavy atom. The van der Waals surface area contributed by atoms with E-state index in [1.165, 1.54) is 0 Å². The highest BCUT2D eigenvalue weighted by Gasteiger charge is 2.35. The fraction of sp³-hybridized carbons (Fsp3) is 0.182. The molecule has 0 bridgehead atoms. The molecule has 0 aliphatic carbocycles. The first kappa shape index (κ1) is 17.7. The van der Waals surface area contributed by atoms with Crippen LogP contribution >= 0.6 is 0 Å². The van der Waals surface area contributed by atoms with Gasteiger partial charge in [-0.3, -0.25) is 5.10 Å². The number of nitriles is 1. The highest BCUT2D eigenvalue weighted by molar-refractivity contribution is 5.70. The van der Waals surface area contributed by atoms with Crippen LogP contribution in [0.15, 0.2) is 66.1 Å². The quantitative estimate of drug-likeness (QED) is 0.703. The maximum Gasteiger partial charge on any atom is 0.244 e. The van der Waals surface area contributed by atoms with Gasteiger partial charge in [-0.1, -0.05) is 49.4 Å². The van der Waals surface area contributed by atoms with Crippen LogP contribution < -0.4 is 15.2 Å². The number of rotatable bonds is 5. The molecule has 1 aromatic heterocycles. The van der Waals surface area contributed by atoms with E-state index >= 15 is 0 Å². The number of fused-ring (bicyclic) bond motifs is 1. The van der Waals surface area contributed by atoms with Gasteiger partial charge in [-0.2, -0.15) is 5.26 Å². The minimum atomic E-state index is -0.372. The summed E-state index contributed by atoms with van der Waals surface area (Å²) in [6.07, 6.45) is 0.943. The van der Waals surface area contributed by atoms with Crippen molar-refractivity contribution < 1.29 is 9.47 Å². The summed E-state index contributed by atoms with van der Waals surface area (Å²) in [7, 11) is 0. The van der Waals surface area contributed by atoms with E-state index in [9.17, 15) is 5.26 Å². The highest BCUT2D eigenvalue weighted by atomic mass is 16.5. The first-order chi connectivity index (χ1) is 13.7. The Hall–Kier alpha value is -3.72. The van der Waals surface area contributed by atoms with Gasteiger partial charge < -0.3 is 15.2 Å². The van der Waals surface area contributed by atoms with Crippen LogP contribution in [0.5, 0.6) is 11.6 Å². The predicted octanol–water partition coefficient (Wildman–Crippen LogP) is 4.08. The van der Waals surface area contributed by atoms with E-state index in [4.69, 9.17) is 15.2 Å². The van der Waals surface area contributed by atoms with Gasteiger partial charge >= 0.3 is 0 Å². The standard InChI is InChI=1S/C22H20N4O2/c1-2-12-27-16-10-8-14(9-11-16)18-17(13-23)21(24)28-22-19(18)20(25-26-22)15-6-4-3-5-7-15/h3-11,18H,2,12,24H2,1H3,(H,25,26)/t18-/m1/s1. The minimum absolute atomic E-state index is 0.0809. The molecule has 0 spiro atoms. The second-order valence-corrected chi connectivity index (χ2v) is 6.53. The van der Waals surface area contributed by atoms with Crippen LogP contribution in [-0.2, 0) is 0 Å². The Morgan fingerprint density at radius 3 is 2.61 bits per heavy atom.